The Bertz CT molecular complexity index is 385. The highest BCUT2D eigenvalue weighted by atomic mass is 19.1. The van der Waals surface area contributed by atoms with Gasteiger partial charge < -0.3 is 14.8 Å². The van der Waals surface area contributed by atoms with E-state index < -0.39 is 0 Å². The highest BCUT2D eigenvalue weighted by molar-refractivity contribution is 5.29. The van der Waals surface area contributed by atoms with E-state index in [1.807, 2.05) is 6.07 Å². The maximum absolute atomic E-state index is 13.5. The van der Waals surface area contributed by atoms with Gasteiger partial charge in [0.1, 0.15) is 11.6 Å². The van der Waals surface area contributed by atoms with Crippen molar-refractivity contribution in [2.75, 3.05) is 26.9 Å². The molecule has 20 heavy (non-hydrogen) atoms. The van der Waals surface area contributed by atoms with Crippen LogP contribution in [0.2, 0.25) is 0 Å². The number of rotatable bonds is 10. The normalized spacial score (nSPS) is 12.4. The van der Waals surface area contributed by atoms with E-state index in [1.54, 1.807) is 7.11 Å². The van der Waals surface area contributed by atoms with Crippen molar-refractivity contribution < 1.29 is 13.9 Å². The predicted molar refractivity (Wildman–Crippen MR) is 79.5 cm³/mol. The summed E-state index contributed by atoms with van der Waals surface area (Å²) in [6.45, 7) is 6.94. The zero-order valence-electron chi connectivity index (χ0n) is 12.7. The van der Waals surface area contributed by atoms with Gasteiger partial charge in [-0.3, -0.25) is 0 Å². The SMILES string of the molecule is CCCC(C)COc1cc(F)cc(CNCCOC)c1. The van der Waals surface area contributed by atoms with Crippen molar-refractivity contribution in [3.8, 4) is 5.75 Å². The Kier molecular flexibility index (Phi) is 8.23. The molecule has 0 spiro atoms. The standard InChI is InChI=1S/C16H26FNO2/c1-4-5-13(2)12-20-16-9-14(8-15(17)10-16)11-18-6-7-19-3/h8-10,13,18H,4-7,11-12H2,1-3H3. The van der Waals surface area contributed by atoms with Crippen LogP contribution in [0.5, 0.6) is 5.75 Å². The molecule has 0 saturated heterocycles. The monoisotopic (exact) mass is 283 g/mol. The predicted octanol–water partition coefficient (Wildman–Crippen LogP) is 3.38. The Hall–Kier alpha value is -1.13. The number of halogens is 1. The van der Waals surface area contributed by atoms with Gasteiger partial charge in [0, 0.05) is 26.3 Å². The van der Waals surface area contributed by atoms with Gasteiger partial charge in [0.2, 0.25) is 0 Å². The Morgan fingerprint density at radius 1 is 1.30 bits per heavy atom. The molecule has 1 N–H and O–H groups in total. The third-order valence-corrected chi connectivity index (χ3v) is 3.06. The molecule has 0 bridgehead atoms. The van der Waals surface area contributed by atoms with Gasteiger partial charge in [-0.05, 0) is 30.0 Å². The second-order valence-electron chi connectivity index (χ2n) is 5.17. The zero-order valence-corrected chi connectivity index (χ0v) is 12.7. The minimum atomic E-state index is -0.255. The lowest BCUT2D eigenvalue weighted by Crippen LogP contribution is -2.18. The molecule has 1 atom stereocenters. The maximum Gasteiger partial charge on any atom is 0.127 e. The number of hydrogen-bond acceptors (Lipinski definition) is 3. The Labute approximate surface area is 121 Å². The molecule has 3 nitrogen and oxygen atoms in total. The Morgan fingerprint density at radius 3 is 2.80 bits per heavy atom. The van der Waals surface area contributed by atoms with Crippen molar-refractivity contribution in [3.05, 3.63) is 29.6 Å². The number of nitrogens with one attached hydrogen (secondary N) is 1. The van der Waals surface area contributed by atoms with Gasteiger partial charge in [0.25, 0.3) is 0 Å². The van der Waals surface area contributed by atoms with Gasteiger partial charge in [0.05, 0.1) is 13.2 Å². The van der Waals surface area contributed by atoms with E-state index in [9.17, 15) is 4.39 Å². The van der Waals surface area contributed by atoms with Crippen LogP contribution in [0.4, 0.5) is 4.39 Å². The van der Waals surface area contributed by atoms with Gasteiger partial charge in [0.15, 0.2) is 0 Å². The number of methoxy groups -OCH3 is 1. The van der Waals surface area contributed by atoms with Crippen LogP contribution in [0.15, 0.2) is 18.2 Å². The molecule has 1 aromatic carbocycles. The molecule has 1 aromatic rings. The first-order valence-electron chi connectivity index (χ1n) is 7.27. The van der Waals surface area contributed by atoms with E-state index in [0.717, 1.165) is 24.9 Å². The number of hydrogen-bond donors (Lipinski definition) is 1. The maximum atomic E-state index is 13.5. The summed E-state index contributed by atoms with van der Waals surface area (Å²) in [5, 5.41) is 3.19. The molecule has 1 unspecified atom stereocenters. The third kappa shape index (κ3) is 6.87. The third-order valence-electron chi connectivity index (χ3n) is 3.06. The molecule has 4 heteroatoms. The lowest BCUT2D eigenvalue weighted by molar-refractivity contribution is 0.199. The first-order chi connectivity index (χ1) is 9.65. The quantitative estimate of drug-likeness (QED) is 0.668. The molecule has 0 aliphatic carbocycles. The average molecular weight is 283 g/mol. The summed E-state index contributed by atoms with van der Waals surface area (Å²) in [4.78, 5) is 0. The fourth-order valence-electron chi connectivity index (χ4n) is 2.03. The van der Waals surface area contributed by atoms with Gasteiger partial charge >= 0.3 is 0 Å². The van der Waals surface area contributed by atoms with Gasteiger partial charge in [-0.15, -0.1) is 0 Å². The summed E-state index contributed by atoms with van der Waals surface area (Å²) in [6.07, 6.45) is 2.27. The van der Waals surface area contributed by atoms with Crippen LogP contribution in [0.3, 0.4) is 0 Å². The lowest BCUT2D eigenvalue weighted by atomic mass is 10.1. The van der Waals surface area contributed by atoms with Crippen molar-refractivity contribution in [1.29, 1.82) is 0 Å². The summed E-state index contributed by atoms with van der Waals surface area (Å²) in [5.74, 6) is 0.845. The fraction of sp³-hybridized carbons (Fsp3) is 0.625. The van der Waals surface area contributed by atoms with E-state index in [0.29, 0.717) is 31.4 Å². The van der Waals surface area contributed by atoms with E-state index in [-0.39, 0.29) is 5.82 Å². The van der Waals surface area contributed by atoms with Crippen LogP contribution < -0.4 is 10.1 Å². The Balaban J connectivity index is 2.48. The van der Waals surface area contributed by atoms with Crippen LogP contribution in [-0.4, -0.2) is 26.9 Å². The van der Waals surface area contributed by atoms with Crippen LogP contribution in [-0.2, 0) is 11.3 Å². The van der Waals surface area contributed by atoms with Crippen molar-refractivity contribution in [2.45, 2.75) is 33.2 Å². The largest absolute Gasteiger partial charge is 0.493 e. The van der Waals surface area contributed by atoms with Crippen molar-refractivity contribution in [3.63, 3.8) is 0 Å². The molecule has 0 aliphatic rings. The minimum absolute atomic E-state index is 0.255. The van der Waals surface area contributed by atoms with E-state index in [1.165, 1.54) is 12.1 Å². The molecular weight excluding hydrogens is 257 g/mol. The first kappa shape index (κ1) is 16.9. The highest BCUT2D eigenvalue weighted by Crippen LogP contribution is 2.18. The molecular formula is C16H26FNO2. The van der Waals surface area contributed by atoms with Crippen molar-refractivity contribution in [2.24, 2.45) is 5.92 Å². The molecule has 0 amide bonds. The summed E-state index contributed by atoms with van der Waals surface area (Å²) in [6, 6.07) is 4.86. The molecule has 0 aliphatic heterocycles. The molecule has 1 rings (SSSR count). The first-order valence-corrected chi connectivity index (χ1v) is 7.27. The average Bonchev–Trinajstić information content (AvgIpc) is 2.41. The molecule has 0 radical (unpaired) electrons. The van der Waals surface area contributed by atoms with Crippen LogP contribution in [0.1, 0.15) is 32.3 Å². The molecule has 0 heterocycles. The van der Waals surface area contributed by atoms with E-state index in [2.05, 4.69) is 19.2 Å². The van der Waals surface area contributed by atoms with E-state index in [4.69, 9.17) is 9.47 Å². The fourth-order valence-corrected chi connectivity index (χ4v) is 2.03. The second-order valence-corrected chi connectivity index (χ2v) is 5.17. The van der Waals surface area contributed by atoms with Crippen LogP contribution in [0.25, 0.3) is 0 Å². The molecule has 0 saturated carbocycles. The summed E-state index contributed by atoms with van der Waals surface area (Å²) >= 11 is 0. The number of benzene rings is 1. The topological polar surface area (TPSA) is 30.5 Å². The molecule has 0 aromatic heterocycles. The molecule has 114 valence electrons. The summed E-state index contributed by atoms with van der Waals surface area (Å²) in [5.41, 5.74) is 0.888. The zero-order chi connectivity index (χ0) is 14.8. The number of ether oxygens (including phenoxy) is 2. The van der Waals surface area contributed by atoms with Crippen LogP contribution in [0, 0.1) is 11.7 Å². The summed E-state index contributed by atoms with van der Waals surface area (Å²) in [7, 11) is 1.66. The summed E-state index contributed by atoms with van der Waals surface area (Å²) < 4.78 is 24.2. The Morgan fingerprint density at radius 2 is 2.10 bits per heavy atom. The smallest absolute Gasteiger partial charge is 0.127 e. The lowest BCUT2D eigenvalue weighted by Gasteiger charge is -2.13. The van der Waals surface area contributed by atoms with Gasteiger partial charge in [-0.1, -0.05) is 20.3 Å². The minimum Gasteiger partial charge on any atom is -0.493 e. The van der Waals surface area contributed by atoms with Gasteiger partial charge in [-0.2, -0.15) is 0 Å². The van der Waals surface area contributed by atoms with E-state index >= 15 is 0 Å². The molecule has 0 fully saturated rings. The van der Waals surface area contributed by atoms with Crippen molar-refractivity contribution >= 4 is 0 Å². The van der Waals surface area contributed by atoms with Crippen LogP contribution >= 0.6 is 0 Å². The second kappa shape index (κ2) is 9.72. The van der Waals surface area contributed by atoms with Crippen molar-refractivity contribution in [1.82, 2.24) is 5.32 Å². The highest BCUT2D eigenvalue weighted by Gasteiger charge is 2.05. The van der Waals surface area contributed by atoms with Gasteiger partial charge in [-0.25, -0.2) is 4.39 Å².